The number of hydrogen-bond donors (Lipinski definition) is 0. The maximum atomic E-state index is 4.93. The standard InChI is InChI=1S/C6H8O/c1-6-3-2-4-7-5-6/h2-3,5H,4H2,1H3. The molecule has 0 fully saturated rings. The predicted molar refractivity (Wildman–Crippen MR) is 28.8 cm³/mol. The van der Waals surface area contributed by atoms with Gasteiger partial charge in [0.25, 0.3) is 0 Å². The highest BCUT2D eigenvalue weighted by atomic mass is 16.5. The fraction of sp³-hybridized carbons (Fsp3) is 0.333. The van der Waals surface area contributed by atoms with Crippen LogP contribution in [0.2, 0.25) is 0 Å². The van der Waals surface area contributed by atoms with E-state index in [0.29, 0.717) is 0 Å². The van der Waals surface area contributed by atoms with Crippen LogP contribution < -0.4 is 0 Å². The van der Waals surface area contributed by atoms with Gasteiger partial charge in [-0.1, -0.05) is 6.08 Å². The average Bonchev–Trinajstić information content (AvgIpc) is 1.69. The third-order valence-electron chi connectivity index (χ3n) is 0.842. The van der Waals surface area contributed by atoms with Crippen LogP contribution in [0.1, 0.15) is 6.92 Å². The van der Waals surface area contributed by atoms with E-state index < -0.39 is 0 Å². The van der Waals surface area contributed by atoms with Gasteiger partial charge in [0.2, 0.25) is 0 Å². The molecular formula is C6H8O. The van der Waals surface area contributed by atoms with E-state index in [1.807, 2.05) is 19.1 Å². The quantitative estimate of drug-likeness (QED) is 0.443. The molecule has 0 N–H and O–H groups in total. The lowest BCUT2D eigenvalue weighted by Crippen LogP contribution is -1.87. The fourth-order valence-electron chi connectivity index (χ4n) is 0.508. The molecule has 0 aromatic heterocycles. The SMILES string of the molecule is CC1=COCC=C1. The molecule has 0 aliphatic carbocycles. The molecule has 1 aliphatic rings. The predicted octanol–water partition coefficient (Wildman–Crippen LogP) is 1.48. The van der Waals surface area contributed by atoms with Crippen LogP contribution in [0.5, 0.6) is 0 Å². The first-order valence-electron chi connectivity index (χ1n) is 2.34. The van der Waals surface area contributed by atoms with E-state index in [1.54, 1.807) is 6.26 Å². The summed E-state index contributed by atoms with van der Waals surface area (Å²) in [7, 11) is 0. The molecular weight excluding hydrogens is 88.1 g/mol. The van der Waals surface area contributed by atoms with E-state index >= 15 is 0 Å². The summed E-state index contributed by atoms with van der Waals surface area (Å²) < 4.78 is 4.93. The summed E-state index contributed by atoms with van der Waals surface area (Å²) in [5.74, 6) is 0. The highest BCUT2D eigenvalue weighted by Gasteiger charge is 1.85. The first-order valence-corrected chi connectivity index (χ1v) is 2.34. The van der Waals surface area contributed by atoms with Gasteiger partial charge in [0.15, 0.2) is 0 Å². The Balaban J connectivity index is 2.58. The highest BCUT2D eigenvalue weighted by molar-refractivity contribution is 5.15. The van der Waals surface area contributed by atoms with Crippen molar-refractivity contribution >= 4 is 0 Å². The summed E-state index contributed by atoms with van der Waals surface area (Å²) in [4.78, 5) is 0. The Morgan fingerprint density at radius 1 is 1.71 bits per heavy atom. The van der Waals surface area contributed by atoms with Crippen molar-refractivity contribution in [3.63, 3.8) is 0 Å². The number of ether oxygens (including phenoxy) is 1. The zero-order valence-electron chi connectivity index (χ0n) is 4.35. The van der Waals surface area contributed by atoms with Gasteiger partial charge in [-0.2, -0.15) is 0 Å². The monoisotopic (exact) mass is 96.1 g/mol. The van der Waals surface area contributed by atoms with Crippen LogP contribution in [0.25, 0.3) is 0 Å². The van der Waals surface area contributed by atoms with Gasteiger partial charge in [-0.3, -0.25) is 0 Å². The second-order valence-corrected chi connectivity index (χ2v) is 1.60. The third kappa shape index (κ3) is 1.07. The molecule has 0 atom stereocenters. The zero-order chi connectivity index (χ0) is 5.11. The van der Waals surface area contributed by atoms with Crippen molar-refractivity contribution in [1.82, 2.24) is 0 Å². The Kier molecular flexibility index (Phi) is 1.16. The normalized spacial score (nSPS) is 18.1. The molecule has 0 amide bonds. The van der Waals surface area contributed by atoms with Crippen LogP contribution in [0, 0.1) is 0 Å². The molecule has 0 spiro atoms. The molecule has 1 heterocycles. The van der Waals surface area contributed by atoms with Gasteiger partial charge in [-0.15, -0.1) is 0 Å². The van der Waals surface area contributed by atoms with Crippen molar-refractivity contribution in [1.29, 1.82) is 0 Å². The van der Waals surface area contributed by atoms with Gasteiger partial charge in [-0.05, 0) is 18.6 Å². The van der Waals surface area contributed by atoms with Crippen LogP contribution in [0.3, 0.4) is 0 Å². The number of hydrogen-bond acceptors (Lipinski definition) is 1. The van der Waals surface area contributed by atoms with Crippen molar-refractivity contribution in [2.24, 2.45) is 0 Å². The van der Waals surface area contributed by atoms with Gasteiger partial charge < -0.3 is 4.74 Å². The molecule has 0 bridgehead atoms. The minimum Gasteiger partial charge on any atom is -0.497 e. The lowest BCUT2D eigenvalue weighted by atomic mass is 10.3. The van der Waals surface area contributed by atoms with E-state index in [2.05, 4.69) is 0 Å². The minimum atomic E-state index is 0.733. The summed E-state index contributed by atoms with van der Waals surface area (Å²) in [6.07, 6.45) is 5.80. The largest absolute Gasteiger partial charge is 0.497 e. The second-order valence-electron chi connectivity index (χ2n) is 1.60. The molecule has 0 radical (unpaired) electrons. The topological polar surface area (TPSA) is 9.23 Å². The maximum absolute atomic E-state index is 4.93. The molecule has 0 unspecified atom stereocenters. The lowest BCUT2D eigenvalue weighted by Gasteiger charge is -2.00. The Hall–Kier alpha value is -0.720. The molecule has 7 heavy (non-hydrogen) atoms. The average molecular weight is 96.1 g/mol. The molecule has 0 saturated carbocycles. The van der Waals surface area contributed by atoms with Crippen LogP contribution >= 0.6 is 0 Å². The summed E-state index contributed by atoms with van der Waals surface area (Å²) in [5.41, 5.74) is 1.19. The third-order valence-corrected chi connectivity index (χ3v) is 0.842. The first kappa shape index (κ1) is 4.44. The van der Waals surface area contributed by atoms with E-state index in [4.69, 9.17) is 4.74 Å². The van der Waals surface area contributed by atoms with Crippen molar-refractivity contribution in [2.75, 3.05) is 6.61 Å². The zero-order valence-corrected chi connectivity index (χ0v) is 4.35. The van der Waals surface area contributed by atoms with E-state index in [-0.39, 0.29) is 0 Å². The Morgan fingerprint density at radius 3 is 2.86 bits per heavy atom. The van der Waals surface area contributed by atoms with E-state index in [0.717, 1.165) is 6.61 Å². The summed E-state index contributed by atoms with van der Waals surface area (Å²) in [5, 5.41) is 0. The summed E-state index contributed by atoms with van der Waals surface area (Å²) in [6, 6.07) is 0. The highest BCUT2D eigenvalue weighted by Crippen LogP contribution is 1.99. The van der Waals surface area contributed by atoms with Gasteiger partial charge in [-0.25, -0.2) is 0 Å². The number of allylic oxidation sites excluding steroid dienone is 2. The maximum Gasteiger partial charge on any atom is 0.106 e. The molecule has 0 aromatic carbocycles. The van der Waals surface area contributed by atoms with Crippen molar-refractivity contribution < 1.29 is 4.74 Å². The first-order chi connectivity index (χ1) is 3.39. The molecule has 0 aromatic rings. The Bertz CT molecular complexity index is 111. The molecule has 38 valence electrons. The second kappa shape index (κ2) is 1.82. The molecule has 1 heteroatoms. The summed E-state index contributed by atoms with van der Waals surface area (Å²) >= 11 is 0. The molecule has 0 saturated heterocycles. The minimum absolute atomic E-state index is 0.733. The molecule has 1 aliphatic heterocycles. The van der Waals surface area contributed by atoms with E-state index in [1.165, 1.54) is 5.57 Å². The fourth-order valence-corrected chi connectivity index (χ4v) is 0.508. The van der Waals surface area contributed by atoms with Crippen molar-refractivity contribution in [2.45, 2.75) is 6.92 Å². The van der Waals surface area contributed by atoms with E-state index in [9.17, 15) is 0 Å². The van der Waals surface area contributed by atoms with Crippen LogP contribution in [-0.4, -0.2) is 6.61 Å². The van der Waals surface area contributed by atoms with Gasteiger partial charge >= 0.3 is 0 Å². The van der Waals surface area contributed by atoms with Gasteiger partial charge in [0.1, 0.15) is 6.61 Å². The smallest absolute Gasteiger partial charge is 0.106 e. The Morgan fingerprint density at radius 2 is 2.57 bits per heavy atom. The van der Waals surface area contributed by atoms with Crippen molar-refractivity contribution in [3.8, 4) is 0 Å². The van der Waals surface area contributed by atoms with Gasteiger partial charge in [0, 0.05) is 0 Å². The van der Waals surface area contributed by atoms with Crippen molar-refractivity contribution in [3.05, 3.63) is 24.0 Å². The van der Waals surface area contributed by atoms with Crippen LogP contribution in [0.15, 0.2) is 24.0 Å². The number of rotatable bonds is 0. The van der Waals surface area contributed by atoms with Crippen LogP contribution in [0.4, 0.5) is 0 Å². The molecule has 1 nitrogen and oxygen atoms in total. The van der Waals surface area contributed by atoms with Gasteiger partial charge in [0.05, 0.1) is 6.26 Å². The van der Waals surface area contributed by atoms with Crippen LogP contribution in [-0.2, 0) is 4.74 Å². The molecule has 1 rings (SSSR count). The lowest BCUT2D eigenvalue weighted by molar-refractivity contribution is 0.282. The summed E-state index contributed by atoms with van der Waals surface area (Å²) in [6.45, 7) is 2.74. The Labute approximate surface area is 43.3 Å².